The fourth-order valence-electron chi connectivity index (χ4n) is 3.36. The van der Waals surface area contributed by atoms with Crippen molar-refractivity contribution in [1.82, 2.24) is 20.1 Å². The Bertz CT molecular complexity index is 735. The first-order chi connectivity index (χ1) is 12.6. The van der Waals surface area contributed by atoms with Crippen LogP contribution in [0.2, 0.25) is 0 Å². The molecule has 0 radical (unpaired) electrons. The van der Waals surface area contributed by atoms with Crippen LogP contribution in [0.1, 0.15) is 54.9 Å². The second-order valence-electron chi connectivity index (χ2n) is 6.61. The van der Waals surface area contributed by atoms with Crippen LogP contribution in [0, 0.1) is 0 Å². The van der Waals surface area contributed by atoms with Gasteiger partial charge in [0.15, 0.2) is 0 Å². The average Bonchev–Trinajstić information content (AvgIpc) is 3.16. The number of hydrogen-bond donors (Lipinski definition) is 1. The zero-order valence-corrected chi connectivity index (χ0v) is 15.0. The van der Waals surface area contributed by atoms with Gasteiger partial charge in [-0.2, -0.15) is 5.10 Å². The second-order valence-corrected chi connectivity index (χ2v) is 6.61. The van der Waals surface area contributed by atoms with E-state index in [2.05, 4.69) is 15.4 Å². The van der Waals surface area contributed by atoms with E-state index in [4.69, 9.17) is 4.74 Å². The fourth-order valence-corrected chi connectivity index (χ4v) is 3.36. The topological polar surface area (TPSA) is 86.1 Å². The summed E-state index contributed by atoms with van der Waals surface area (Å²) in [5.41, 5.74) is 0.650. The number of benzene rings is 1. The highest BCUT2D eigenvalue weighted by Crippen LogP contribution is 2.30. The summed E-state index contributed by atoms with van der Waals surface area (Å²) in [6.45, 7) is 2.69. The third-order valence-corrected chi connectivity index (χ3v) is 4.75. The molecule has 2 aromatic rings. The Balaban J connectivity index is 1.70. The van der Waals surface area contributed by atoms with E-state index in [-0.39, 0.29) is 11.9 Å². The summed E-state index contributed by atoms with van der Waals surface area (Å²) >= 11 is 0. The van der Waals surface area contributed by atoms with Gasteiger partial charge in [-0.1, -0.05) is 31.4 Å². The van der Waals surface area contributed by atoms with Crippen LogP contribution in [-0.2, 0) is 16.1 Å². The molecule has 138 valence electrons. The van der Waals surface area contributed by atoms with Crippen LogP contribution in [0.25, 0.3) is 0 Å². The lowest BCUT2D eigenvalue weighted by atomic mass is 9.81. The second kappa shape index (κ2) is 8.12. The molecule has 0 unspecified atom stereocenters. The summed E-state index contributed by atoms with van der Waals surface area (Å²) in [6.07, 6.45) is 7.29. The molecule has 3 rings (SSSR count). The molecule has 1 amide bonds. The molecule has 7 nitrogen and oxygen atoms in total. The van der Waals surface area contributed by atoms with Gasteiger partial charge in [-0.3, -0.25) is 4.79 Å². The third-order valence-electron chi connectivity index (χ3n) is 4.75. The van der Waals surface area contributed by atoms with Crippen LogP contribution in [0.5, 0.6) is 0 Å². The van der Waals surface area contributed by atoms with Crippen LogP contribution in [0.3, 0.4) is 0 Å². The number of rotatable bonds is 6. The minimum Gasteiger partial charge on any atom is -0.464 e. The van der Waals surface area contributed by atoms with Crippen molar-refractivity contribution in [2.45, 2.75) is 51.1 Å². The Morgan fingerprint density at radius 2 is 1.92 bits per heavy atom. The van der Waals surface area contributed by atoms with Gasteiger partial charge in [0.25, 0.3) is 5.91 Å². The van der Waals surface area contributed by atoms with E-state index < -0.39 is 5.54 Å². The molecule has 0 spiro atoms. The maximum atomic E-state index is 12.7. The number of hydrogen-bond acceptors (Lipinski definition) is 5. The third kappa shape index (κ3) is 4.09. The Kier molecular flexibility index (Phi) is 5.65. The summed E-state index contributed by atoms with van der Waals surface area (Å²) < 4.78 is 6.95. The average molecular weight is 356 g/mol. The quantitative estimate of drug-likeness (QED) is 0.803. The fraction of sp³-hybridized carbons (Fsp3) is 0.474. The van der Waals surface area contributed by atoms with Gasteiger partial charge >= 0.3 is 5.97 Å². The van der Waals surface area contributed by atoms with Crippen LogP contribution in [0.15, 0.2) is 36.9 Å². The zero-order valence-electron chi connectivity index (χ0n) is 15.0. The lowest BCUT2D eigenvalue weighted by molar-refractivity contribution is -0.152. The van der Waals surface area contributed by atoms with Crippen molar-refractivity contribution in [1.29, 1.82) is 0 Å². The SMILES string of the molecule is CCOC(=O)C1(NC(=O)c2ccc(Cn3cncn3)cc2)CCCCC1. The molecule has 0 aliphatic heterocycles. The van der Waals surface area contributed by atoms with Crippen molar-refractivity contribution in [3.63, 3.8) is 0 Å². The van der Waals surface area contributed by atoms with Gasteiger partial charge in [-0.05, 0) is 37.5 Å². The smallest absolute Gasteiger partial charge is 0.331 e. The summed E-state index contributed by atoms with van der Waals surface area (Å²) in [5.74, 6) is -0.567. The number of esters is 1. The molecular formula is C19H24N4O3. The van der Waals surface area contributed by atoms with E-state index in [1.807, 2.05) is 12.1 Å². The van der Waals surface area contributed by atoms with Crippen molar-refractivity contribution >= 4 is 11.9 Å². The van der Waals surface area contributed by atoms with Crippen molar-refractivity contribution < 1.29 is 14.3 Å². The number of nitrogens with zero attached hydrogens (tertiary/aromatic N) is 3. The predicted octanol–water partition coefficient (Wildman–Crippen LogP) is 2.32. The van der Waals surface area contributed by atoms with E-state index >= 15 is 0 Å². The monoisotopic (exact) mass is 356 g/mol. The molecule has 0 bridgehead atoms. The molecule has 7 heteroatoms. The highest BCUT2D eigenvalue weighted by atomic mass is 16.5. The van der Waals surface area contributed by atoms with E-state index in [1.54, 1.807) is 30.1 Å². The number of aromatic nitrogens is 3. The highest BCUT2D eigenvalue weighted by molar-refractivity contribution is 5.98. The van der Waals surface area contributed by atoms with E-state index in [9.17, 15) is 9.59 Å². The largest absolute Gasteiger partial charge is 0.464 e. The van der Waals surface area contributed by atoms with Gasteiger partial charge in [-0.15, -0.1) is 0 Å². The zero-order chi connectivity index (χ0) is 18.4. The first kappa shape index (κ1) is 18.1. The Hall–Kier alpha value is -2.70. The lowest BCUT2D eigenvalue weighted by Crippen LogP contribution is -2.56. The molecule has 1 aromatic carbocycles. The highest BCUT2D eigenvalue weighted by Gasteiger charge is 2.42. The first-order valence-corrected chi connectivity index (χ1v) is 9.04. The molecule has 26 heavy (non-hydrogen) atoms. The standard InChI is InChI=1S/C19H24N4O3/c1-2-26-18(25)19(10-4-3-5-11-19)22-17(24)16-8-6-15(7-9-16)12-23-14-20-13-21-23/h6-9,13-14H,2-5,10-12H2,1H3,(H,22,24). The van der Waals surface area contributed by atoms with Crippen LogP contribution < -0.4 is 5.32 Å². The number of amides is 1. The van der Waals surface area contributed by atoms with E-state index in [1.165, 1.54) is 6.33 Å². The van der Waals surface area contributed by atoms with Gasteiger partial charge in [0.2, 0.25) is 0 Å². The molecule has 1 heterocycles. The molecule has 0 saturated heterocycles. The molecule has 1 saturated carbocycles. The maximum Gasteiger partial charge on any atom is 0.331 e. The van der Waals surface area contributed by atoms with Crippen molar-refractivity contribution in [3.05, 3.63) is 48.0 Å². The van der Waals surface area contributed by atoms with Gasteiger partial charge in [-0.25, -0.2) is 14.5 Å². The van der Waals surface area contributed by atoms with Gasteiger partial charge in [0, 0.05) is 5.56 Å². The minimum atomic E-state index is -0.898. The molecule has 1 aliphatic rings. The first-order valence-electron chi connectivity index (χ1n) is 9.04. The molecule has 0 atom stereocenters. The molecular weight excluding hydrogens is 332 g/mol. The Morgan fingerprint density at radius 1 is 1.19 bits per heavy atom. The lowest BCUT2D eigenvalue weighted by Gasteiger charge is -2.35. The Labute approximate surface area is 152 Å². The van der Waals surface area contributed by atoms with Crippen LogP contribution in [0.4, 0.5) is 0 Å². The predicted molar refractivity (Wildman–Crippen MR) is 95.5 cm³/mol. The summed E-state index contributed by atoms with van der Waals surface area (Å²) in [4.78, 5) is 29.1. The van der Waals surface area contributed by atoms with Gasteiger partial charge < -0.3 is 10.1 Å². The normalized spacial score (nSPS) is 16.0. The van der Waals surface area contributed by atoms with Crippen LogP contribution >= 0.6 is 0 Å². The molecule has 1 N–H and O–H groups in total. The molecule has 1 fully saturated rings. The Morgan fingerprint density at radius 3 is 2.54 bits per heavy atom. The number of nitrogens with one attached hydrogen (secondary N) is 1. The van der Waals surface area contributed by atoms with Crippen molar-refractivity contribution in [3.8, 4) is 0 Å². The summed E-state index contributed by atoms with van der Waals surface area (Å²) in [6, 6.07) is 7.30. The number of ether oxygens (including phenoxy) is 1. The van der Waals surface area contributed by atoms with Crippen molar-refractivity contribution in [2.24, 2.45) is 0 Å². The molecule has 1 aliphatic carbocycles. The van der Waals surface area contributed by atoms with Gasteiger partial charge in [0.05, 0.1) is 13.2 Å². The summed E-state index contributed by atoms with van der Waals surface area (Å²) in [5, 5.41) is 7.02. The van der Waals surface area contributed by atoms with Crippen molar-refractivity contribution in [2.75, 3.05) is 6.61 Å². The van der Waals surface area contributed by atoms with E-state index in [0.717, 1.165) is 24.8 Å². The van der Waals surface area contributed by atoms with Gasteiger partial charge in [0.1, 0.15) is 18.2 Å². The number of carbonyl (C=O) groups is 2. The molecule has 1 aromatic heterocycles. The van der Waals surface area contributed by atoms with Crippen LogP contribution in [-0.4, -0.2) is 38.8 Å². The minimum absolute atomic E-state index is 0.243. The summed E-state index contributed by atoms with van der Waals surface area (Å²) in [7, 11) is 0. The van der Waals surface area contributed by atoms with E-state index in [0.29, 0.717) is 31.6 Å². The maximum absolute atomic E-state index is 12.7. The number of carbonyl (C=O) groups excluding carboxylic acids is 2.